The highest BCUT2D eigenvalue weighted by molar-refractivity contribution is 5.81. The minimum absolute atomic E-state index is 0.365. The molecule has 2 amide bonds. The maximum atomic E-state index is 11.2. The van der Waals surface area contributed by atoms with Gasteiger partial charge in [0.1, 0.15) is 9.74 Å². The molecule has 2 unspecified atom stereocenters. The molecule has 2 saturated heterocycles. The van der Waals surface area contributed by atoms with Gasteiger partial charge in [-0.2, -0.15) is 0 Å². The number of nitrogens with zero attached hydrogens (tertiary/aromatic N) is 2. The molecule has 4 N–H and O–H groups in total. The third-order valence-corrected chi connectivity index (χ3v) is 2.96. The zero-order chi connectivity index (χ0) is 13.1. The SMILES string of the molecule is O=C1NN[N+](=O)C1CCCCC1C(=O)NN[N+]1=O. The maximum absolute atomic E-state index is 11.2. The van der Waals surface area contributed by atoms with Crippen molar-refractivity contribution in [3.05, 3.63) is 9.81 Å². The average Bonchev–Trinajstić information content (AvgIpc) is 2.82. The molecule has 10 heteroatoms. The van der Waals surface area contributed by atoms with Gasteiger partial charge in [0.25, 0.3) is 0 Å². The molecule has 2 fully saturated rings. The molecule has 0 bridgehead atoms. The molecule has 2 atom stereocenters. The van der Waals surface area contributed by atoms with Crippen molar-refractivity contribution in [1.82, 2.24) is 21.9 Å². The second-order valence-corrected chi connectivity index (χ2v) is 4.17. The minimum Gasteiger partial charge on any atom is -0.265 e. The third kappa shape index (κ3) is 2.36. The number of hydrogen-bond acceptors (Lipinski definition) is 4. The standard InChI is InChI=1S/C8H12N6O4/c15-7-5(13(17)11-9-7)3-1-2-4-6-8(16)10-12-14(6)18/h5-6H,1-4H2,(H2-2,9,10,11,12,15,16,17,18)/p+2. The van der Waals surface area contributed by atoms with E-state index in [0.717, 1.165) is 0 Å². The molecule has 0 aromatic heterocycles. The molecular formula is C8H14N6O4+2. The van der Waals surface area contributed by atoms with Gasteiger partial charge in [0.05, 0.1) is 9.81 Å². The fourth-order valence-electron chi connectivity index (χ4n) is 1.93. The summed E-state index contributed by atoms with van der Waals surface area (Å²) in [6.45, 7) is 0. The Hall–Kier alpha value is -2.26. The second-order valence-electron chi connectivity index (χ2n) is 4.17. The van der Waals surface area contributed by atoms with Crippen LogP contribution in [0.5, 0.6) is 0 Å². The molecule has 0 aliphatic carbocycles. The van der Waals surface area contributed by atoms with E-state index < -0.39 is 12.1 Å². The third-order valence-electron chi connectivity index (χ3n) is 2.96. The van der Waals surface area contributed by atoms with Crippen molar-refractivity contribution in [3.8, 4) is 0 Å². The Morgan fingerprint density at radius 1 is 0.833 bits per heavy atom. The molecule has 0 spiro atoms. The van der Waals surface area contributed by atoms with Crippen molar-refractivity contribution in [2.75, 3.05) is 0 Å². The molecule has 0 radical (unpaired) electrons. The van der Waals surface area contributed by atoms with Crippen molar-refractivity contribution in [2.45, 2.75) is 37.8 Å². The van der Waals surface area contributed by atoms with Crippen LogP contribution in [0.2, 0.25) is 0 Å². The number of nitrogens with one attached hydrogen (secondary N) is 4. The van der Waals surface area contributed by atoms with Crippen LogP contribution in [0.4, 0.5) is 0 Å². The van der Waals surface area contributed by atoms with Crippen LogP contribution in [0.25, 0.3) is 0 Å². The largest absolute Gasteiger partial charge is 0.319 e. The minimum atomic E-state index is -0.746. The first-order valence-electron chi connectivity index (χ1n) is 5.63. The van der Waals surface area contributed by atoms with Crippen LogP contribution in [0.15, 0.2) is 0 Å². The van der Waals surface area contributed by atoms with Gasteiger partial charge in [-0.1, -0.05) is 11.1 Å². The number of hydrogen-bond donors (Lipinski definition) is 4. The number of unbranched alkanes of at least 4 members (excludes halogenated alkanes) is 1. The molecule has 18 heavy (non-hydrogen) atoms. The van der Waals surface area contributed by atoms with Crippen LogP contribution in [-0.4, -0.2) is 33.6 Å². The van der Waals surface area contributed by atoms with E-state index >= 15 is 0 Å². The summed E-state index contributed by atoms with van der Waals surface area (Å²) in [5, 5.41) is 0. The van der Waals surface area contributed by atoms with E-state index in [0.29, 0.717) is 35.4 Å². The lowest BCUT2D eigenvalue weighted by Crippen LogP contribution is -2.28. The number of rotatable bonds is 5. The van der Waals surface area contributed by atoms with Crippen LogP contribution in [-0.2, 0) is 9.59 Å². The Morgan fingerprint density at radius 3 is 1.50 bits per heavy atom. The van der Waals surface area contributed by atoms with Crippen LogP contribution >= 0.6 is 0 Å². The fraction of sp³-hybridized carbons (Fsp3) is 0.750. The lowest BCUT2D eigenvalue weighted by molar-refractivity contribution is -0.620. The van der Waals surface area contributed by atoms with Gasteiger partial charge in [0.15, 0.2) is 0 Å². The van der Waals surface area contributed by atoms with Crippen molar-refractivity contribution >= 4 is 11.8 Å². The van der Waals surface area contributed by atoms with Gasteiger partial charge in [-0.05, 0) is 12.8 Å². The summed E-state index contributed by atoms with van der Waals surface area (Å²) in [6.07, 6.45) is 1.91. The molecule has 2 aliphatic heterocycles. The van der Waals surface area contributed by atoms with Crippen LogP contribution < -0.4 is 21.9 Å². The zero-order valence-corrected chi connectivity index (χ0v) is 9.51. The Bertz CT molecular complexity index is 340. The second kappa shape index (κ2) is 4.94. The predicted molar refractivity (Wildman–Crippen MR) is 55.9 cm³/mol. The highest BCUT2D eigenvalue weighted by Gasteiger charge is 2.42. The lowest BCUT2D eigenvalue weighted by Gasteiger charge is -1.99. The molecule has 0 aromatic rings. The molecule has 0 aromatic carbocycles. The zero-order valence-electron chi connectivity index (χ0n) is 9.51. The van der Waals surface area contributed by atoms with E-state index in [1.165, 1.54) is 0 Å². The van der Waals surface area contributed by atoms with Gasteiger partial charge < -0.3 is 0 Å². The van der Waals surface area contributed by atoms with Crippen molar-refractivity contribution in [2.24, 2.45) is 0 Å². The van der Waals surface area contributed by atoms with Crippen LogP contribution in [0.3, 0.4) is 0 Å². The molecular weight excluding hydrogens is 244 g/mol. The molecule has 10 nitrogen and oxygen atoms in total. The molecule has 0 saturated carbocycles. The highest BCUT2D eigenvalue weighted by Crippen LogP contribution is 2.12. The molecule has 2 heterocycles. The summed E-state index contributed by atoms with van der Waals surface area (Å²) in [5.74, 6) is -0.730. The number of amides is 2. The summed E-state index contributed by atoms with van der Waals surface area (Å²) in [5.41, 5.74) is 8.74. The first-order chi connectivity index (χ1) is 8.59. The maximum Gasteiger partial charge on any atom is 0.319 e. The van der Waals surface area contributed by atoms with Gasteiger partial charge in [-0.3, -0.25) is 9.59 Å². The van der Waals surface area contributed by atoms with E-state index in [1.807, 2.05) is 0 Å². The topological polar surface area (TPSA) is 122 Å². The summed E-state index contributed by atoms with van der Waals surface area (Å²) in [7, 11) is 0. The number of carbonyl (C=O) groups is 2. The van der Waals surface area contributed by atoms with Crippen molar-refractivity contribution < 1.29 is 19.3 Å². The van der Waals surface area contributed by atoms with E-state index in [1.54, 1.807) is 0 Å². The number of nitroso groups, excluding NO2 is 2. The van der Waals surface area contributed by atoms with E-state index in [-0.39, 0.29) is 11.8 Å². The van der Waals surface area contributed by atoms with E-state index in [4.69, 9.17) is 0 Å². The van der Waals surface area contributed by atoms with E-state index in [9.17, 15) is 19.4 Å². The first kappa shape index (κ1) is 12.2. The quantitative estimate of drug-likeness (QED) is 0.332. The van der Waals surface area contributed by atoms with Crippen LogP contribution in [0, 0.1) is 9.81 Å². The lowest BCUT2D eigenvalue weighted by atomic mass is 10.1. The molecule has 2 aliphatic rings. The Balaban J connectivity index is 1.70. The van der Waals surface area contributed by atoms with Gasteiger partial charge in [0, 0.05) is 12.8 Å². The van der Waals surface area contributed by atoms with E-state index in [2.05, 4.69) is 21.9 Å². The van der Waals surface area contributed by atoms with Gasteiger partial charge >= 0.3 is 23.9 Å². The summed E-state index contributed by atoms with van der Waals surface area (Å²) >= 11 is 0. The van der Waals surface area contributed by atoms with Gasteiger partial charge in [-0.25, -0.2) is 10.9 Å². The highest BCUT2D eigenvalue weighted by atomic mass is 16.3. The van der Waals surface area contributed by atoms with Crippen molar-refractivity contribution in [1.29, 1.82) is 0 Å². The number of carbonyl (C=O) groups excluding carboxylic acids is 2. The van der Waals surface area contributed by atoms with Gasteiger partial charge in [0.2, 0.25) is 0 Å². The smallest absolute Gasteiger partial charge is 0.265 e. The molecule has 2 rings (SSSR count). The van der Waals surface area contributed by atoms with Crippen molar-refractivity contribution in [3.63, 3.8) is 0 Å². The Kier molecular flexibility index (Phi) is 3.35. The normalized spacial score (nSPS) is 26.7. The summed E-state index contributed by atoms with van der Waals surface area (Å²) in [4.78, 5) is 45.6. The molecule has 98 valence electrons. The number of hydrazine groups is 4. The Morgan fingerprint density at radius 2 is 1.22 bits per heavy atom. The van der Waals surface area contributed by atoms with Gasteiger partial charge in [-0.15, -0.1) is 0 Å². The Labute approximate surface area is 101 Å². The first-order valence-corrected chi connectivity index (χ1v) is 5.63. The van der Waals surface area contributed by atoms with Crippen LogP contribution in [0.1, 0.15) is 25.7 Å². The average molecular weight is 258 g/mol. The summed E-state index contributed by atoms with van der Waals surface area (Å²) in [6, 6.07) is -1.49. The predicted octanol–water partition coefficient (Wildman–Crippen LogP) is -2.06. The monoisotopic (exact) mass is 258 g/mol. The fourth-order valence-corrected chi connectivity index (χ4v) is 1.93. The summed E-state index contributed by atoms with van der Waals surface area (Å²) < 4.78 is 0.